The van der Waals surface area contributed by atoms with Gasteiger partial charge in [0.2, 0.25) is 5.13 Å². The van der Waals surface area contributed by atoms with Crippen LogP contribution in [-0.2, 0) is 0 Å². The van der Waals surface area contributed by atoms with E-state index in [4.69, 9.17) is 5.11 Å². The van der Waals surface area contributed by atoms with Gasteiger partial charge >= 0.3 is 0 Å². The highest BCUT2D eigenvalue weighted by atomic mass is 32.1. The van der Waals surface area contributed by atoms with Crippen LogP contribution in [0.4, 0.5) is 10.8 Å². The standard InChI is InChI=1S/C9H7N3OS/c13-8-3-1-7(2-4-8)11-12-9-10-5-6-14-9/h1-6,13H/b12-11+. The lowest BCUT2D eigenvalue weighted by molar-refractivity contribution is 0.475. The van der Waals surface area contributed by atoms with Crippen molar-refractivity contribution < 1.29 is 5.11 Å². The maximum absolute atomic E-state index is 9.03. The van der Waals surface area contributed by atoms with Gasteiger partial charge in [0.15, 0.2) is 0 Å². The van der Waals surface area contributed by atoms with E-state index < -0.39 is 0 Å². The maximum atomic E-state index is 9.03. The second kappa shape index (κ2) is 3.97. The van der Waals surface area contributed by atoms with Gasteiger partial charge in [0.05, 0.1) is 5.69 Å². The Morgan fingerprint density at radius 1 is 1.14 bits per heavy atom. The van der Waals surface area contributed by atoms with Crippen LogP contribution in [0.3, 0.4) is 0 Å². The van der Waals surface area contributed by atoms with Gasteiger partial charge in [-0.25, -0.2) is 4.98 Å². The number of thiazole rings is 1. The zero-order chi connectivity index (χ0) is 9.80. The van der Waals surface area contributed by atoms with Crippen LogP contribution in [0.15, 0.2) is 46.1 Å². The molecule has 0 aliphatic carbocycles. The first-order valence-electron chi connectivity index (χ1n) is 3.95. The van der Waals surface area contributed by atoms with Crippen LogP contribution >= 0.6 is 11.3 Å². The van der Waals surface area contributed by atoms with E-state index in [0.717, 1.165) is 0 Å². The predicted molar refractivity (Wildman–Crippen MR) is 54.4 cm³/mol. The zero-order valence-electron chi connectivity index (χ0n) is 7.16. The summed E-state index contributed by atoms with van der Waals surface area (Å²) in [6.45, 7) is 0. The molecule has 0 aliphatic rings. The summed E-state index contributed by atoms with van der Waals surface area (Å²) >= 11 is 1.42. The third-order valence-corrected chi connectivity index (χ3v) is 2.18. The fraction of sp³-hybridized carbons (Fsp3) is 0. The van der Waals surface area contributed by atoms with E-state index in [0.29, 0.717) is 10.8 Å². The quantitative estimate of drug-likeness (QED) is 0.765. The molecule has 0 aliphatic heterocycles. The van der Waals surface area contributed by atoms with Crippen molar-refractivity contribution >= 4 is 22.2 Å². The first-order chi connectivity index (χ1) is 6.84. The Morgan fingerprint density at radius 2 is 1.93 bits per heavy atom. The molecule has 2 aromatic rings. The monoisotopic (exact) mass is 205 g/mol. The largest absolute Gasteiger partial charge is 0.508 e. The van der Waals surface area contributed by atoms with Crippen molar-refractivity contribution in [2.45, 2.75) is 0 Å². The molecule has 70 valence electrons. The van der Waals surface area contributed by atoms with Gasteiger partial charge in [0.1, 0.15) is 5.75 Å². The van der Waals surface area contributed by atoms with E-state index in [2.05, 4.69) is 15.2 Å². The maximum Gasteiger partial charge on any atom is 0.229 e. The fourth-order valence-corrected chi connectivity index (χ4v) is 1.34. The van der Waals surface area contributed by atoms with Crippen LogP contribution in [0, 0.1) is 0 Å². The minimum absolute atomic E-state index is 0.221. The first-order valence-corrected chi connectivity index (χ1v) is 4.83. The Labute approximate surface area is 84.6 Å². The normalized spacial score (nSPS) is 10.9. The highest BCUT2D eigenvalue weighted by Gasteiger charge is 1.92. The molecule has 1 N–H and O–H groups in total. The molecule has 14 heavy (non-hydrogen) atoms. The molecule has 4 nitrogen and oxygen atoms in total. The number of hydrogen-bond donors (Lipinski definition) is 1. The van der Waals surface area contributed by atoms with Crippen LogP contribution in [-0.4, -0.2) is 10.1 Å². The average molecular weight is 205 g/mol. The minimum atomic E-state index is 0.221. The summed E-state index contributed by atoms with van der Waals surface area (Å²) < 4.78 is 0. The smallest absolute Gasteiger partial charge is 0.229 e. The number of nitrogens with zero attached hydrogens (tertiary/aromatic N) is 3. The molecule has 0 saturated heterocycles. The number of rotatable bonds is 2. The summed E-state index contributed by atoms with van der Waals surface area (Å²) in [5.41, 5.74) is 0.693. The van der Waals surface area contributed by atoms with Gasteiger partial charge in [-0.1, -0.05) is 0 Å². The average Bonchev–Trinajstić information content (AvgIpc) is 2.70. The Morgan fingerprint density at radius 3 is 2.57 bits per heavy atom. The molecule has 5 heteroatoms. The SMILES string of the molecule is Oc1ccc(/N=N/c2nccs2)cc1. The molecule has 1 heterocycles. The minimum Gasteiger partial charge on any atom is -0.508 e. The number of phenolic OH excluding ortho intramolecular Hbond substituents is 1. The van der Waals surface area contributed by atoms with Crippen molar-refractivity contribution in [3.63, 3.8) is 0 Å². The van der Waals surface area contributed by atoms with Crippen molar-refractivity contribution in [2.75, 3.05) is 0 Å². The molecule has 0 bridgehead atoms. The molecular formula is C9H7N3OS. The van der Waals surface area contributed by atoms with Crippen LogP contribution < -0.4 is 0 Å². The number of benzene rings is 1. The van der Waals surface area contributed by atoms with Crippen molar-refractivity contribution in [2.24, 2.45) is 10.2 Å². The molecule has 2 rings (SSSR count). The van der Waals surface area contributed by atoms with E-state index in [1.807, 2.05) is 5.38 Å². The van der Waals surface area contributed by atoms with Gasteiger partial charge in [-0.15, -0.1) is 21.6 Å². The van der Waals surface area contributed by atoms with E-state index in [1.165, 1.54) is 11.3 Å². The second-order valence-electron chi connectivity index (χ2n) is 2.53. The highest BCUT2D eigenvalue weighted by Crippen LogP contribution is 2.21. The number of hydrogen-bond acceptors (Lipinski definition) is 5. The first kappa shape index (κ1) is 8.83. The third kappa shape index (κ3) is 2.14. The van der Waals surface area contributed by atoms with Gasteiger partial charge in [-0.2, -0.15) is 0 Å². The molecule has 1 aromatic heterocycles. The molecule has 0 atom stereocenters. The lowest BCUT2D eigenvalue weighted by Crippen LogP contribution is -1.63. The van der Waals surface area contributed by atoms with Gasteiger partial charge in [0, 0.05) is 11.6 Å². The predicted octanol–water partition coefficient (Wildman–Crippen LogP) is 3.26. The van der Waals surface area contributed by atoms with E-state index >= 15 is 0 Å². The number of aromatic nitrogens is 1. The zero-order valence-corrected chi connectivity index (χ0v) is 7.98. The molecule has 0 fully saturated rings. The number of azo groups is 1. The number of phenols is 1. The van der Waals surface area contributed by atoms with Gasteiger partial charge in [-0.3, -0.25) is 0 Å². The van der Waals surface area contributed by atoms with Crippen molar-refractivity contribution in [3.05, 3.63) is 35.8 Å². The van der Waals surface area contributed by atoms with Gasteiger partial charge in [-0.05, 0) is 24.3 Å². The summed E-state index contributed by atoms with van der Waals surface area (Å²) in [5, 5.41) is 19.4. The Balaban J connectivity index is 2.15. The summed E-state index contributed by atoms with van der Waals surface area (Å²) in [4.78, 5) is 3.96. The molecule has 0 radical (unpaired) electrons. The van der Waals surface area contributed by atoms with Crippen molar-refractivity contribution in [1.29, 1.82) is 0 Å². The Hall–Kier alpha value is -1.75. The second-order valence-corrected chi connectivity index (χ2v) is 3.40. The van der Waals surface area contributed by atoms with Crippen LogP contribution in [0.5, 0.6) is 5.75 Å². The van der Waals surface area contributed by atoms with Crippen molar-refractivity contribution in [3.8, 4) is 5.75 Å². The molecule has 1 aromatic carbocycles. The Bertz CT molecular complexity index is 422. The molecular weight excluding hydrogens is 198 g/mol. The fourth-order valence-electron chi connectivity index (χ4n) is 0.885. The van der Waals surface area contributed by atoms with E-state index in [9.17, 15) is 0 Å². The summed E-state index contributed by atoms with van der Waals surface area (Å²) in [5.74, 6) is 0.221. The van der Waals surface area contributed by atoms with Gasteiger partial charge < -0.3 is 5.11 Å². The lowest BCUT2D eigenvalue weighted by Gasteiger charge is -1.91. The molecule has 0 unspecified atom stereocenters. The van der Waals surface area contributed by atoms with Crippen molar-refractivity contribution in [1.82, 2.24) is 4.98 Å². The van der Waals surface area contributed by atoms with E-state index in [1.54, 1.807) is 30.5 Å². The van der Waals surface area contributed by atoms with E-state index in [-0.39, 0.29) is 5.75 Å². The van der Waals surface area contributed by atoms with Gasteiger partial charge in [0.25, 0.3) is 0 Å². The highest BCUT2D eigenvalue weighted by molar-refractivity contribution is 7.13. The van der Waals surface area contributed by atoms with Crippen LogP contribution in [0.25, 0.3) is 0 Å². The molecule has 0 spiro atoms. The molecule has 0 amide bonds. The molecule has 0 saturated carbocycles. The summed E-state index contributed by atoms with van der Waals surface area (Å²) in [6, 6.07) is 6.51. The summed E-state index contributed by atoms with van der Waals surface area (Å²) in [7, 11) is 0. The topological polar surface area (TPSA) is 57.8 Å². The third-order valence-electron chi connectivity index (χ3n) is 1.52. The number of aromatic hydroxyl groups is 1. The van der Waals surface area contributed by atoms with Crippen LogP contribution in [0.2, 0.25) is 0 Å². The van der Waals surface area contributed by atoms with Crippen LogP contribution in [0.1, 0.15) is 0 Å². The summed E-state index contributed by atoms with van der Waals surface area (Å²) in [6.07, 6.45) is 1.68. The lowest BCUT2D eigenvalue weighted by atomic mass is 10.3. The Kier molecular flexibility index (Phi) is 2.51.